The quantitative estimate of drug-likeness (QED) is 0.558. The predicted molar refractivity (Wildman–Crippen MR) is 128 cm³/mol. The summed E-state index contributed by atoms with van der Waals surface area (Å²) in [5.41, 5.74) is 2.02. The highest BCUT2D eigenvalue weighted by Gasteiger charge is 2.34. The molecule has 0 unspecified atom stereocenters. The number of piperazine rings is 1. The summed E-state index contributed by atoms with van der Waals surface area (Å²) in [7, 11) is 0. The zero-order valence-corrected chi connectivity index (χ0v) is 19.3. The normalized spacial score (nSPS) is 18.7. The van der Waals surface area contributed by atoms with E-state index in [1.54, 1.807) is 0 Å². The molecular formula is C23H28ClN3O4S. The number of carbonyl (C=O) groups is 2. The topological polar surface area (TPSA) is 93.1 Å². The molecule has 3 N–H and O–H groups in total. The second kappa shape index (κ2) is 11.6. The summed E-state index contributed by atoms with van der Waals surface area (Å²) in [6.45, 7) is 5.78. The van der Waals surface area contributed by atoms with Crippen molar-refractivity contribution in [3.63, 3.8) is 0 Å². The molecule has 0 aromatic heterocycles. The monoisotopic (exact) mass is 477 g/mol. The Labute approximate surface area is 197 Å². The van der Waals surface area contributed by atoms with Crippen LogP contribution in [0.2, 0.25) is 5.02 Å². The smallest absolute Gasteiger partial charge is 0.254 e. The fourth-order valence-corrected chi connectivity index (χ4v) is 4.68. The Hall–Kier alpha value is -2.26. The first kappa shape index (κ1) is 24.4. The van der Waals surface area contributed by atoms with Crippen molar-refractivity contribution in [2.24, 2.45) is 0 Å². The average Bonchev–Trinajstić information content (AvgIpc) is 3.06. The van der Waals surface area contributed by atoms with E-state index in [1.165, 1.54) is 16.7 Å². The van der Waals surface area contributed by atoms with E-state index in [1.807, 2.05) is 41.8 Å². The minimum atomic E-state index is -1.83. The van der Waals surface area contributed by atoms with E-state index in [9.17, 15) is 19.8 Å². The maximum Gasteiger partial charge on any atom is 0.254 e. The molecule has 1 aromatic carbocycles. The molecule has 1 saturated heterocycles. The number of aliphatic hydroxyl groups excluding tert-OH is 2. The van der Waals surface area contributed by atoms with Crippen molar-refractivity contribution < 1.29 is 19.8 Å². The van der Waals surface area contributed by atoms with Gasteiger partial charge in [0.15, 0.2) is 12.2 Å². The lowest BCUT2D eigenvalue weighted by Gasteiger charge is -2.37. The van der Waals surface area contributed by atoms with Crippen LogP contribution < -0.4 is 10.2 Å². The first-order valence-corrected chi connectivity index (χ1v) is 11.8. The summed E-state index contributed by atoms with van der Waals surface area (Å²) >= 11 is 7.73. The van der Waals surface area contributed by atoms with Crippen LogP contribution in [0.15, 0.2) is 58.9 Å². The molecule has 2 heterocycles. The molecule has 7 nitrogen and oxygen atoms in total. The van der Waals surface area contributed by atoms with Crippen molar-refractivity contribution in [1.29, 1.82) is 0 Å². The number of allylic oxidation sites excluding steroid dienone is 3. The van der Waals surface area contributed by atoms with E-state index >= 15 is 0 Å². The van der Waals surface area contributed by atoms with Gasteiger partial charge in [-0.15, -0.1) is 11.8 Å². The Balaban J connectivity index is 1.48. The number of nitrogens with zero attached hydrogens (tertiary/aromatic N) is 2. The Bertz CT molecular complexity index is 912. The minimum Gasteiger partial charge on any atom is -0.380 e. The van der Waals surface area contributed by atoms with Crippen LogP contribution in [-0.4, -0.2) is 71.9 Å². The number of hydrogen-bond donors (Lipinski definition) is 3. The summed E-state index contributed by atoms with van der Waals surface area (Å²) in [5, 5.41) is 25.8. The lowest BCUT2D eigenvalue weighted by Crippen LogP contribution is -2.55. The van der Waals surface area contributed by atoms with Crippen molar-refractivity contribution in [2.75, 3.05) is 37.6 Å². The molecule has 32 heavy (non-hydrogen) atoms. The number of thioether (sulfide) groups is 1. The third-order valence-corrected chi connectivity index (χ3v) is 6.82. The number of halogens is 1. The van der Waals surface area contributed by atoms with Gasteiger partial charge in [-0.2, -0.15) is 0 Å². The zero-order valence-electron chi connectivity index (χ0n) is 17.7. The van der Waals surface area contributed by atoms with Gasteiger partial charge in [-0.25, -0.2) is 0 Å². The van der Waals surface area contributed by atoms with Gasteiger partial charge in [-0.3, -0.25) is 9.59 Å². The number of aliphatic hydroxyl groups is 2. The van der Waals surface area contributed by atoms with Gasteiger partial charge < -0.3 is 25.3 Å². The number of rotatable bonds is 7. The molecule has 9 heteroatoms. The SMILES string of the molecule is C=CC1=CSC(CNC(=O)[C@H](O)[C@@H](O)C(=O)N2CCN(c3ccccc3Cl)CC2)=CCC1. The van der Waals surface area contributed by atoms with Crippen molar-refractivity contribution in [3.05, 3.63) is 63.9 Å². The summed E-state index contributed by atoms with van der Waals surface area (Å²) in [6.07, 6.45) is 1.89. The minimum absolute atomic E-state index is 0.221. The van der Waals surface area contributed by atoms with Gasteiger partial charge in [0.1, 0.15) is 0 Å². The molecule has 1 aromatic rings. The number of anilines is 1. The third kappa shape index (κ3) is 6.16. The Morgan fingerprint density at radius 1 is 1.19 bits per heavy atom. The van der Waals surface area contributed by atoms with E-state index in [4.69, 9.17) is 11.6 Å². The second-order valence-corrected chi connectivity index (χ2v) is 9.00. The van der Waals surface area contributed by atoms with Crippen molar-refractivity contribution >= 4 is 40.9 Å². The summed E-state index contributed by atoms with van der Waals surface area (Å²) in [4.78, 5) is 29.4. The summed E-state index contributed by atoms with van der Waals surface area (Å²) in [6, 6.07) is 7.48. The van der Waals surface area contributed by atoms with Crippen molar-refractivity contribution in [3.8, 4) is 0 Å². The van der Waals surface area contributed by atoms with Crippen LogP contribution in [0.25, 0.3) is 0 Å². The number of para-hydroxylation sites is 1. The van der Waals surface area contributed by atoms with Crippen LogP contribution in [0.5, 0.6) is 0 Å². The highest BCUT2D eigenvalue weighted by Crippen LogP contribution is 2.27. The molecule has 2 aliphatic rings. The Morgan fingerprint density at radius 2 is 1.91 bits per heavy atom. The van der Waals surface area contributed by atoms with Gasteiger partial charge in [0, 0.05) is 37.6 Å². The van der Waals surface area contributed by atoms with Gasteiger partial charge in [0.2, 0.25) is 0 Å². The van der Waals surface area contributed by atoms with Crippen LogP contribution in [0, 0.1) is 0 Å². The van der Waals surface area contributed by atoms with E-state index in [-0.39, 0.29) is 6.54 Å². The van der Waals surface area contributed by atoms with Crippen molar-refractivity contribution in [2.45, 2.75) is 25.0 Å². The molecule has 0 aliphatic carbocycles. The van der Waals surface area contributed by atoms with Gasteiger partial charge in [0.05, 0.1) is 10.7 Å². The van der Waals surface area contributed by atoms with Crippen LogP contribution >= 0.6 is 23.4 Å². The van der Waals surface area contributed by atoms with Gasteiger partial charge in [-0.05, 0) is 36.0 Å². The van der Waals surface area contributed by atoms with Crippen molar-refractivity contribution in [1.82, 2.24) is 10.2 Å². The van der Waals surface area contributed by atoms with Crippen LogP contribution in [0.1, 0.15) is 12.8 Å². The Morgan fingerprint density at radius 3 is 2.59 bits per heavy atom. The fourth-order valence-electron chi connectivity index (χ4n) is 3.54. The lowest BCUT2D eigenvalue weighted by atomic mass is 10.1. The molecule has 0 bridgehead atoms. The van der Waals surface area contributed by atoms with Crippen LogP contribution in [0.4, 0.5) is 5.69 Å². The average molecular weight is 478 g/mol. The molecule has 172 valence electrons. The Kier molecular flexibility index (Phi) is 8.81. The number of benzene rings is 1. The zero-order chi connectivity index (χ0) is 23.1. The third-order valence-electron chi connectivity index (χ3n) is 5.47. The largest absolute Gasteiger partial charge is 0.380 e. The van der Waals surface area contributed by atoms with Gasteiger partial charge in [-0.1, -0.05) is 42.5 Å². The van der Waals surface area contributed by atoms with Gasteiger partial charge >= 0.3 is 0 Å². The second-order valence-electron chi connectivity index (χ2n) is 7.60. The number of amides is 2. The molecule has 2 aliphatic heterocycles. The molecular weight excluding hydrogens is 450 g/mol. The molecule has 2 amide bonds. The lowest BCUT2D eigenvalue weighted by molar-refractivity contribution is -0.153. The van der Waals surface area contributed by atoms with Crippen LogP contribution in [0.3, 0.4) is 0 Å². The molecule has 2 atom stereocenters. The fraction of sp³-hybridized carbons (Fsp3) is 0.391. The van der Waals surface area contributed by atoms with Crippen LogP contribution in [-0.2, 0) is 9.59 Å². The van der Waals surface area contributed by atoms with E-state index in [2.05, 4.69) is 16.8 Å². The molecule has 0 spiro atoms. The number of nitrogens with one attached hydrogen (secondary N) is 1. The first-order chi connectivity index (χ1) is 15.4. The molecule has 0 radical (unpaired) electrons. The summed E-state index contributed by atoms with van der Waals surface area (Å²) < 4.78 is 0. The highest BCUT2D eigenvalue weighted by atomic mass is 35.5. The van der Waals surface area contributed by atoms with E-state index in [0.29, 0.717) is 31.2 Å². The standard InChI is InChI=1S/C23H28ClN3O4S/c1-2-16-6-5-7-17(32-15-16)14-25-22(30)20(28)21(29)23(31)27-12-10-26(11-13-27)19-9-4-3-8-18(19)24/h2-4,7-9,15,20-21,28-29H,1,5-6,10-14H2,(H,25,30)/t20-,21-/m1/s1. The highest BCUT2D eigenvalue weighted by molar-refractivity contribution is 8.05. The summed E-state index contributed by atoms with van der Waals surface area (Å²) in [5.74, 6) is -1.44. The van der Waals surface area contributed by atoms with E-state index < -0.39 is 24.0 Å². The van der Waals surface area contributed by atoms with E-state index in [0.717, 1.165) is 29.0 Å². The number of hydrogen-bond acceptors (Lipinski definition) is 6. The maximum atomic E-state index is 12.6. The predicted octanol–water partition coefficient (Wildman–Crippen LogP) is 2.31. The molecule has 3 rings (SSSR count). The van der Waals surface area contributed by atoms with Gasteiger partial charge in [0.25, 0.3) is 11.8 Å². The maximum absolute atomic E-state index is 12.6. The first-order valence-electron chi connectivity index (χ1n) is 10.5. The molecule has 1 fully saturated rings. The number of carbonyl (C=O) groups excluding carboxylic acids is 2. The molecule has 0 saturated carbocycles.